The fourth-order valence-corrected chi connectivity index (χ4v) is 4.24. The second kappa shape index (κ2) is 6.13. The van der Waals surface area contributed by atoms with Crippen LogP contribution in [-0.2, 0) is 0 Å². The summed E-state index contributed by atoms with van der Waals surface area (Å²) < 4.78 is 0. The summed E-state index contributed by atoms with van der Waals surface area (Å²) in [6.45, 7) is 12.0. The van der Waals surface area contributed by atoms with Gasteiger partial charge in [0.15, 0.2) is 0 Å². The third kappa shape index (κ3) is 3.72. The van der Waals surface area contributed by atoms with Crippen LogP contribution in [0.3, 0.4) is 0 Å². The number of hydrogen-bond acceptors (Lipinski definition) is 2. The van der Waals surface area contributed by atoms with E-state index in [1.54, 1.807) is 0 Å². The molecule has 1 saturated heterocycles. The molecule has 1 aliphatic heterocycles. The third-order valence-electron chi connectivity index (χ3n) is 6.09. The minimum absolute atomic E-state index is 0.428. The van der Waals surface area contributed by atoms with Crippen molar-refractivity contribution in [1.29, 1.82) is 0 Å². The van der Waals surface area contributed by atoms with Gasteiger partial charge < -0.3 is 10.6 Å². The average molecular weight is 266 g/mol. The van der Waals surface area contributed by atoms with E-state index in [0.29, 0.717) is 10.8 Å². The van der Waals surface area contributed by atoms with E-state index in [1.807, 2.05) is 0 Å². The summed E-state index contributed by atoms with van der Waals surface area (Å²) in [5, 5.41) is 0. The number of nitrogens with zero attached hydrogens (tertiary/aromatic N) is 1. The zero-order chi connectivity index (χ0) is 13.9. The SMILES string of the molecule is CCC1(C)CCN(CC2(CN)CCCC(C)C2)CC1. The van der Waals surface area contributed by atoms with Crippen molar-refractivity contribution in [3.05, 3.63) is 0 Å². The topological polar surface area (TPSA) is 29.3 Å². The first-order chi connectivity index (χ1) is 9.01. The van der Waals surface area contributed by atoms with Crippen LogP contribution < -0.4 is 5.73 Å². The molecule has 0 aromatic carbocycles. The highest BCUT2D eigenvalue weighted by Gasteiger charge is 2.37. The fourth-order valence-electron chi connectivity index (χ4n) is 4.24. The molecule has 2 aliphatic rings. The zero-order valence-corrected chi connectivity index (χ0v) is 13.4. The lowest BCUT2D eigenvalue weighted by Crippen LogP contribution is -2.48. The Morgan fingerprint density at radius 1 is 1.21 bits per heavy atom. The van der Waals surface area contributed by atoms with Gasteiger partial charge >= 0.3 is 0 Å². The van der Waals surface area contributed by atoms with E-state index in [0.717, 1.165) is 12.5 Å². The lowest BCUT2D eigenvalue weighted by Gasteiger charge is -2.46. The van der Waals surface area contributed by atoms with Gasteiger partial charge in [0.25, 0.3) is 0 Å². The summed E-state index contributed by atoms with van der Waals surface area (Å²) in [7, 11) is 0. The summed E-state index contributed by atoms with van der Waals surface area (Å²) in [6, 6.07) is 0. The standard InChI is InChI=1S/C17H34N2/c1-4-16(3)8-10-19(11-9-16)14-17(13-18)7-5-6-15(2)12-17/h15H,4-14,18H2,1-3H3. The maximum absolute atomic E-state index is 6.17. The molecule has 2 rings (SSSR count). The zero-order valence-electron chi connectivity index (χ0n) is 13.4. The monoisotopic (exact) mass is 266 g/mol. The van der Waals surface area contributed by atoms with Crippen molar-refractivity contribution in [2.75, 3.05) is 26.2 Å². The molecular weight excluding hydrogens is 232 g/mol. The molecule has 2 atom stereocenters. The Bertz CT molecular complexity index is 281. The van der Waals surface area contributed by atoms with Gasteiger partial charge in [-0.05, 0) is 62.1 Å². The van der Waals surface area contributed by atoms with Crippen LogP contribution in [-0.4, -0.2) is 31.1 Å². The lowest BCUT2D eigenvalue weighted by molar-refractivity contribution is 0.0459. The Morgan fingerprint density at radius 3 is 2.42 bits per heavy atom. The molecular formula is C17H34N2. The van der Waals surface area contributed by atoms with E-state index in [1.165, 1.54) is 64.6 Å². The van der Waals surface area contributed by atoms with Gasteiger partial charge in [-0.15, -0.1) is 0 Å². The smallest absolute Gasteiger partial charge is 0.00502 e. The number of likely N-dealkylation sites (tertiary alicyclic amines) is 1. The van der Waals surface area contributed by atoms with Gasteiger partial charge in [-0.25, -0.2) is 0 Å². The first kappa shape index (κ1) is 15.3. The summed E-state index contributed by atoms with van der Waals surface area (Å²) >= 11 is 0. The van der Waals surface area contributed by atoms with Crippen LogP contribution in [0.25, 0.3) is 0 Å². The molecule has 0 spiro atoms. The predicted molar refractivity (Wildman–Crippen MR) is 83.2 cm³/mol. The Labute approximate surface area is 120 Å². The van der Waals surface area contributed by atoms with E-state index in [4.69, 9.17) is 5.73 Å². The number of hydrogen-bond donors (Lipinski definition) is 1. The highest BCUT2D eigenvalue weighted by molar-refractivity contribution is 4.91. The van der Waals surface area contributed by atoms with Crippen molar-refractivity contribution >= 4 is 0 Å². The molecule has 0 radical (unpaired) electrons. The molecule has 1 heterocycles. The predicted octanol–water partition coefficient (Wildman–Crippen LogP) is 3.65. The summed E-state index contributed by atoms with van der Waals surface area (Å²) in [6.07, 6.45) is 9.59. The van der Waals surface area contributed by atoms with Gasteiger partial charge in [0.1, 0.15) is 0 Å². The van der Waals surface area contributed by atoms with Crippen molar-refractivity contribution in [2.24, 2.45) is 22.5 Å². The molecule has 0 aromatic rings. The van der Waals surface area contributed by atoms with Gasteiger partial charge in [-0.3, -0.25) is 0 Å². The molecule has 0 aromatic heterocycles. The normalized spacial score (nSPS) is 36.3. The first-order valence-corrected chi connectivity index (χ1v) is 8.43. The fraction of sp³-hybridized carbons (Fsp3) is 1.00. The molecule has 19 heavy (non-hydrogen) atoms. The highest BCUT2D eigenvalue weighted by Crippen LogP contribution is 2.41. The number of nitrogens with two attached hydrogens (primary N) is 1. The number of rotatable bonds is 4. The quantitative estimate of drug-likeness (QED) is 0.841. The maximum atomic E-state index is 6.17. The van der Waals surface area contributed by atoms with Crippen LogP contribution in [0.15, 0.2) is 0 Å². The van der Waals surface area contributed by atoms with Crippen LogP contribution >= 0.6 is 0 Å². The Balaban J connectivity index is 1.89. The summed E-state index contributed by atoms with van der Waals surface area (Å²) in [5.74, 6) is 0.878. The molecule has 0 bridgehead atoms. The van der Waals surface area contributed by atoms with Crippen LogP contribution in [0.2, 0.25) is 0 Å². The second-order valence-corrected chi connectivity index (χ2v) is 7.85. The van der Waals surface area contributed by atoms with Gasteiger partial charge in [-0.2, -0.15) is 0 Å². The summed E-state index contributed by atoms with van der Waals surface area (Å²) in [5.41, 5.74) is 7.20. The number of piperidine rings is 1. The highest BCUT2D eigenvalue weighted by atomic mass is 15.1. The minimum Gasteiger partial charge on any atom is -0.330 e. The lowest BCUT2D eigenvalue weighted by atomic mass is 9.69. The van der Waals surface area contributed by atoms with Crippen molar-refractivity contribution in [2.45, 2.75) is 65.7 Å². The van der Waals surface area contributed by atoms with Crippen molar-refractivity contribution in [3.8, 4) is 0 Å². The van der Waals surface area contributed by atoms with Crippen LogP contribution in [0.4, 0.5) is 0 Å². The van der Waals surface area contributed by atoms with Gasteiger partial charge in [0.05, 0.1) is 0 Å². The van der Waals surface area contributed by atoms with Crippen molar-refractivity contribution in [1.82, 2.24) is 4.90 Å². The molecule has 2 fully saturated rings. The minimum atomic E-state index is 0.428. The van der Waals surface area contributed by atoms with Crippen LogP contribution in [0.1, 0.15) is 65.7 Å². The van der Waals surface area contributed by atoms with Gasteiger partial charge in [0, 0.05) is 6.54 Å². The second-order valence-electron chi connectivity index (χ2n) is 7.85. The van der Waals surface area contributed by atoms with E-state index < -0.39 is 0 Å². The largest absolute Gasteiger partial charge is 0.330 e. The van der Waals surface area contributed by atoms with E-state index in [-0.39, 0.29) is 0 Å². The third-order valence-corrected chi connectivity index (χ3v) is 6.09. The van der Waals surface area contributed by atoms with Crippen LogP contribution in [0.5, 0.6) is 0 Å². The molecule has 112 valence electrons. The van der Waals surface area contributed by atoms with Gasteiger partial charge in [0.2, 0.25) is 0 Å². The molecule has 1 saturated carbocycles. The van der Waals surface area contributed by atoms with Crippen LogP contribution in [0, 0.1) is 16.7 Å². The maximum Gasteiger partial charge on any atom is 0.00502 e. The molecule has 2 heteroatoms. The van der Waals surface area contributed by atoms with E-state index in [9.17, 15) is 0 Å². The van der Waals surface area contributed by atoms with Crippen molar-refractivity contribution < 1.29 is 0 Å². The Morgan fingerprint density at radius 2 is 1.89 bits per heavy atom. The van der Waals surface area contributed by atoms with Gasteiger partial charge in [-0.1, -0.05) is 40.0 Å². The van der Waals surface area contributed by atoms with Crippen molar-refractivity contribution in [3.63, 3.8) is 0 Å². The Hall–Kier alpha value is -0.0800. The molecule has 2 N–H and O–H groups in total. The van der Waals surface area contributed by atoms with E-state index >= 15 is 0 Å². The molecule has 2 nitrogen and oxygen atoms in total. The summed E-state index contributed by atoms with van der Waals surface area (Å²) in [4.78, 5) is 2.71. The Kier molecular flexibility index (Phi) is 4.94. The first-order valence-electron chi connectivity index (χ1n) is 8.43. The molecule has 0 amide bonds. The van der Waals surface area contributed by atoms with E-state index in [2.05, 4.69) is 25.7 Å². The molecule has 1 aliphatic carbocycles. The average Bonchev–Trinajstić information content (AvgIpc) is 2.42. The molecule has 2 unspecified atom stereocenters.